The van der Waals surface area contributed by atoms with Crippen LogP contribution in [0.5, 0.6) is 5.75 Å². The number of β-amino-alcohol motifs (C(OH)–C–C–N with tert-alkyl or cyclic N) is 1. The minimum Gasteiger partial charge on any atom is -0.491 e. The van der Waals surface area contributed by atoms with Gasteiger partial charge in [0, 0.05) is 62.3 Å². The van der Waals surface area contributed by atoms with Gasteiger partial charge < -0.3 is 14.6 Å². The maximum Gasteiger partial charge on any atom is 0.337 e. The van der Waals surface area contributed by atoms with Crippen LogP contribution in [0.25, 0.3) is 10.8 Å². The normalized spacial score (nSPS) is 17.1. The number of hydrogen-bond acceptors (Lipinski definition) is 8. The van der Waals surface area contributed by atoms with E-state index in [0.29, 0.717) is 42.1 Å². The molecule has 1 saturated heterocycles. The molecule has 0 bridgehead atoms. The number of rotatable bonds is 9. The molecule has 1 atom stereocenters. The molecule has 2 heterocycles. The molecule has 0 radical (unpaired) electrons. The van der Waals surface area contributed by atoms with Crippen molar-refractivity contribution < 1.29 is 29.0 Å². The number of amides is 2. The van der Waals surface area contributed by atoms with Crippen LogP contribution in [-0.2, 0) is 4.74 Å². The molecule has 0 aliphatic carbocycles. The third kappa shape index (κ3) is 5.40. The Morgan fingerprint density at radius 3 is 2.08 bits per heavy atom. The zero-order chi connectivity index (χ0) is 26.6. The van der Waals surface area contributed by atoms with E-state index in [9.17, 15) is 19.5 Å². The third-order valence-corrected chi connectivity index (χ3v) is 7.15. The van der Waals surface area contributed by atoms with Crippen molar-refractivity contribution in [2.24, 2.45) is 0 Å². The molecule has 5 rings (SSSR count). The van der Waals surface area contributed by atoms with Gasteiger partial charge in [-0.25, -0.2) is 4.79 Å². The topological polar surface area (TPSA) is 99.6 Å². The van der Waals surface area contributed by atoms with Gasteiger partial charge in [-0.05, 0) is 41.8 Å². The fourth-order valence-corrected chi connectivity index (χ4v) is 5.07. The van der Waals surface area contributed by atoms with Crippen LogP contribution in [0.1, 0.15) is 31.1 Å². The monoisotopic (exact) mass is 517 g/mol. The number of ether oxygens (including phenoxy) is 2. The first kappa shape index (κ1) is 25.8. The van der Waals surface area contributed by atoms with E-state index in [0.717, 1.165) is 37.0 Å². The second-order valence-corrected chi connectivity index (χ2v) is 9.59. The molecule has 9 nitrogen and oxygen atoms in total. The molecule has 2 aliphatic rings. The number of carbonyl (C=O) groups excluding carboxylic acids is 3. The highest BCUT2D eigenvalue weighted by molar-refractivity contribution is 6.25. The Morgan fingerprint density at radius 2 is 1.47 bits per heavy atom. The van der Waals surface area contributed by atoms with Gasteiger partial charge in [0.05, 0.1) is 12.7 Å². The van der Waals surface area contributed by atoms with Crippen LogP contribution < -0.4 is 4.74 Å². The van der Waals surface area contributed by atoms with E-state index < -0.39 is 12.1 Å². The number of methoxy groups -OCH3 is 1. The second kappa shape index (κ2) is 11.3. The molecule has 0 aromatic heterocycles. The SMILES string of the molecule is COC(=O)c1ccc(OCC(O)CN2CCN(CCN3C(=O)c4cccc5cccc(c45)C3=O)CC2)cc1. The minimum absolute atomic E-state index is 0.144. The van der Waals surface area contributed by atoms with Crippen molar-refractivity contribution in [2.75, 3.05) is 59.5 Å². The lowest BCUT2D eigenvalue weighted by Crippen LogP contribution is -2.51. The summed E-state index contributed by atoms with van der Waals surface area (Å²) < 4.78 is 10.3. The Morgan fingerprint density at radius 1 is 0.868 bits per heavy atom. The third-order valence-electron chi connectivity index (χ3n) is 7.15. The highest BCUT2D eigenvalue weighted by atomic mass is 16.5. The van der Waals surface area contributed by atoms with E-state index in [1.807, 2.05) is 24.3 Å². The highest BCUT2D eigenvalue weighted by Gasteiger charge is 2.33. The summed E-state index contributed by atoms with van der Waals surface area (Å²) in [6.07, 6.45) is -0.659. The van der Waals surface area contributed by atoms with E-state index in [1.54, 1.807) is 36.4 Å². The molecule has 0 spiro atoms. The minimum atomic E-state index is -0.659. The Labute approximate surface area is 221 Å². The number of nitrogens with zero attached hydrogens (tertiary/aromatic N) is 3. The van der Waals surface area contributed by atoms with Crippen LogP contribution >= 0.6 is 0 Å². The lowest BCUT2D eigenvalue weighted by atomic mass is 9.94. The largest absolute Gasteiger partial charge is 0.491 e. The first-order valence-corrected chi connectivity index (χ1v) is 12.8. The molecule has 1 N–H and O–H groups in total. The van der Waals surface area contributed by atoms with Gasteiger partial charge in [0.2, 0.25) is 0 Å². The average Bonchev–Trinajstić information content (AvgIpc) is 2.95. The van der Waals surface area contributed by atoms with Gasteiger partial charge in [-0.1, -0.05) is 24.3 Å². The van der Waals surface area contributed by atoms with E-state index in [4.69, 9.17) is 4.74 Å². The van der Waals surface area contributed by atoms with Crippen molar-refractivity contribution in [3.8, 4) is 5.75 Å². The predicted octanol–water partition coefficient (Wildman–Crippen LogP) is 2.28. The maximum absolute atomic E-state index is 13.1. The number of benzene rings is 3. The zero-order valence-corrected chi connectivity index (χ0v) is 21.3. The summed E-state index contributed by atoms with van der Waals surface area (Å²) in [4.78, 5) is 43.5. The lowest BCUT2D eigenvalue weighted by Gasteiger charge is -2.36. The number of piperazine rings is 1. The van der Waals surface area contributed by atoms with Crippen LogP contribution in [0.15, 0.2) is 60.7 Å². The van der Waals surface area contributed by atoms with Crippen molar-refractivity contribution in [3.63, 3.8) is 0 Å². The van der Waals surface area contributed by atoms with Crippen molar-refractivity contribution in [3.05, 3.63) is 77.4 Å². The molecule has 2 amide bonds. The van der Waals surface area contributed by atoms with Gasteiger partial charge in [0.1, 0.15) is 18.5 Å². The fourth-order valence-electron chi connectivity index (χ4n) is 5.07. The number of aliphatic hydroxyl groups is 1. The molecule has 3 aromatic rings. The second-order valence-electron chi connectivity index (χ2n) is 9.59. The highest BCUT2D eigenvalue weighted by Crippen LogP contribution is 2.29. The predicted molar refractivity (Wildman–Crippen MR) is 141 cm³/mol. The van der Waals surface area contributed by atoms with Crippen LogP contribution in [-0.4, -0.2) is 103 Å². The lowest BCUT2D eigenvalue weighted by molar-refractivity contribution is 0.0416. The smallest absolute Gasteiger partial charge is 0.337 e. The van der Waals surface area contributed by atoms with Crippen molar-refractivity contribution in [1.29, 1.82) is 0 Å². The van der Waals surface area contributed by atoms with Crippen LogP contribution in [0.3, 0.4) is 0 Å². The molecule has 38 heavy (non-hydrogen) atoms. The maximum atomic E-state index is 13.1. The summed E-state index contributed by atoms with van der Waals surface area (Å²) >= 11 is 0. The van der Waals surface area contributed by atoms with Crippen LogP contribution in [0, 0.1) is 0 Å². The van der Waals surface area contributed by atoms with Gasteiger partial charge in [-0.3, -0.25) is 24.3 Å². The molecule has 3 aromatic carbocycles. The average molecular weight is 518 g/mol. The Bertz CT molecular complexity index is 1280. The Hall–Kier alpha value is -3.79. The van der Waals surface area contributed by atoms with Gasteiger partial charge >= 0.3 is 5.97 Å². The molecular formula is C29H31N3O6. The van der Waals surface area contributed by atoms with Crippen molar-refractivity contribution in [1.82, 2.24) is 14.7 Å². The van der Waals surface area contributed by atoms with E-state index in [1.165, 1.54) is 12.0 Å². The van der Waals surface area contributed by atoms with E-state index in [2.05, 4.69) is 14.5 Å². The van der Waals surface area contributed by atoms with Gasteiger partial charge in [0.25, 0.3) is 11.8 Å². The first-order chi connectivity index (χ1) is 18.4. The standard InChI is InChI=1S/C29H31N3O6/c1-37-29(36)21-8-10-23(11-9-21)38-19-22(33)18-31-14-12-30(13-15-31)16-17-32-27(34)24-6-2-4-20-5-3-7-25(26(20)24)28(32)35/h2-11,22,33H,12-19H2,1H3. The molecule has 0 saturated carbocycles. The number of esters is 1. The van der Waals surface area contributed by atoms with Gasteiger partial charge in [-0.15, -0.1) is 0 Å². The summed E-state index contributed by atoms with van der Waals surface area (Å²) in [7, 11) is 1.33. The number of carbonyl (C=O) groups is 3. The molecule has 2 aliphatic heterocycles. The van der Waals surface area contributed by atoms with Crippen molar-refractivity contribution >= 4 is 28.6 Å². The number of hydrogen-bond donors (Lipinski definition) is 1. The Balaban J connectivity index is 1.07. The van der Waals surface area contributed by atoms with Crippen LogP contribution in [0.2, 0.25) is 0 Å². The molecular weight excluding hydrogens is 486 g/mol. The fraction of sp³-hybridized carbons (Fsp3) is 0.345. The first-order valence-electron chi connectivity index (χ1n) is 12.8. The quantitative estimate of drug-likeness (QED) is 0.341. The van der Waals surface area contributed by atoms with E-state index >= 15 is 0 Å². The molecule has 198 valence electrons. The number of aliphatic hydroxyl groups excluding tert-OH is 1. The van der Waals surface area contributed by atoms with E-state index in [-0.39, 0.29) is 18.4 Å². The Kier molecular flexibility index (Phi) is 7.69. The van der Waals surface area contributed by atoms with Crippen LogP contribution in [0.4, 0.5) is 0 Å². The summed E-state index contributed by atoms with van der Waals surface area (Å²) in [5.74, 6) is -0.308. The summed E-state index contributed by atoms with van der Waals surface area (Å²) in [5, 5.41) is 12.1. The summed E-state index contributed by atoms with van der Waals surface area (Å²) in [5.41, 5.74) is 1.60. The van der Waals surface area contributed by atoms with Crippen molar-refractivity contribution in [2.45, 2.75) is 6.10 Å². The van der Waals surface area contributed by atoms with Gasteiger partial charge in [-0.2, -0.15) is 0 Å². The molecule has 1 unspecified atom stereocenters. The number of imide groups is 1. The molecule has 9 heteroatoms. The summed E-state index contributed by atoms with van der Waals surface area (Å²) in [6, 6.07) is 17.7. The zero-order valence-electron chi connectivity index (χ0n) is 21.3. The van der Waals surface area contributed by atoms with Gasteiger partial charge in [0.15, 0.2) is 0 Å². The summed E-state index contributed by atoms with van der Waals surface area (Å²) in [6.45, 7) is 4.69. The molecule has 1 fully saturated rings.